The van der Waals surface area contributed by atoms with E-state index < -0.39 is 65.2 Å². The molecule has 2 fully saturated rings. The number of carbonyl (C=O) groups is 6. The zero-order chi connectivity index (χ0) is 34.3. The Bertz CT molecular complexity index is 1320. The summed E-state index contributed by atoms with van der Waals surface area (Å²) in [5, 5.41) is 11.1. The van der Waals surface area contributed by atoms with Crippen LogP contribution in [0, 0.1) is 17.3 Å². The van der Waals surface area contributed by atoms with Crippen molar-refractivity contribution in [2.75, 3.05) is 19.7 Å². The lowest BCUT2D eigenvalue weighted by Crippen LogP contribution is -2.60. The van der Waals surface area contributed by atoms with Crippen molar-refractivity contribution in [3.05, 3.63) is 35.4 Å². The molecular formula is C34H50N6O7. The SMILES string of the molecule is CCNC(=O)OCC(NC(=O)N[C@H](C(=O)N1CCCC1C(=O)NC(CC1CCC1)C(=O)C(N)=O)C1Cc2ccccc2C1)C(C)(C)C. The first-order valence-corrected chi connectivity index (χ1v) is 16.8. The minimum Gasteiger partial charge on any atom is -0.447 e. The van der Waals surface area contributed by atoms with Crippen LogP contribution in [-0.2, 0) is 36.8 Å². The molecule has 1 aromatic rings. The van der Waals surface area contributed by atoms with Crippen LogP contribution >= 0.6 is 0 Å². The number of Topliss-reactive ketones (excluding diaryl/α,β-unsaturated/α-hetero) is 1. The topological polar surface area (TPSA) is 189 Å². The number of likely N-dealkylation sites (tertiary alicyclic amines) is 1. The first-order chi connectivity index (χ1) is 22.3. The molecule has 3 aliphatic rings. The number of benzene rings is 1. The number of urea groups is 1. The lowest BCUT2D eigenvalue weighted by Gasteiger charge is -2.34. The van der Waals surface area contributed by atoms with Crippen LogP contribution < -0.4 is 27.0 Å². The summed E-state index contributed by atoms with van der Waals surface area (Å²) in [5.41, 5.74) is 7.01. The first-order valence-electron chi connectivity index (χ1n) is 16.8. The lowest BCUT2D eigenvalue weighted by atomic mass is 9.80. The van der Waals surface area contributed by atoms with Crippen LogP contribution in [0.5, 0.6) is 0 Å². The molecule has 4 atom stereocenters. The Balaban J connectivity index is 1.51. The minimum atomic E-state index is -1.10. The molecule has 0 aromatic heterocycles. The van der Waals surface area contributed by atoms with Crippen molar-refractivity contribution in [2.45, 2.75) is 103 Å². The number of amides is 6. The summed E-state index contributed by atoms with van der Waals surface area (Å²) in [6, 6.07) is 3.88. The Morgan fingerprint density at radius 1 is 0.957 bits per heavy atom. The second-order valence-corrected chi connectivity index (χ2v) is 14.1. The molecule has 13 heteroatoms. The maximum absolute atomic E-state index is 14.3. The third-order valence-electron chi connectivity index (χ3n) is 9.67. The van der Waals surface area contributed by atoms with Crippen molar-refractivity contribution in [1.82, 2.24) is 26.2 Å². The third kappa shape index (κ3) is 9.23. The highest BCUT2D eigenvalue weighted by Crippen LogP contribution is 2.32. The van der Waals surface area contributed by atoms with Crippen LogP contribution in [-0.4, -0.2) is 84.4 Å². The van der Waals surface area contributed by atoms with E-state index in [1.54, 1.807) is 6.92 Å². The van der Waals surface area contributed by atoms with Crippen molar-refractivity contribution >= 4 is 35.6 Å². The third-order valence-corrected chi connectivity index (χ3v) is 9.67. The van der Waals surface area contributed by atoms with Crippen molar-refractivity contribution in [1.29, 1.82) is 0 Å². The fourth-order valence-corrected chi connectivity index (χ4v) is 6.63. The van der Waals surface area contributed by atoms with Gasteiger partial charge >= 0.3 is 12.1 Å². The average molecular weight is 655 g/mol. The van der Waals surface area contributed by atoms with Crippen molar-refractivity contribution in [3.63, 3.8) is 0 Å². The van der Waals surface area contributed by atoms with Gasteiger partial charge in [0.15, 0.2) is 0 Å². The quantitative estimate of drug-likeness (QED) is 0.201. The fraction of sp³-hybridized carbons (Fsp3) is 0.647. The molecule has 1 saturated heterocycles. The van der Waals surface area contributed by atoms with E-state index in [1.165, 1.54) is 4.90 Å². The standard InChI is InChI=1S/C34H50N6O7/c1-5-36-33(46)47-19-26(34(2,3)4)38-32(45)39-27(23-17-21-12-6-7-13-22(21)18-23)31(44)40-15-9-14-25(40)30(43)37-24(28(41)29(35)42)16-20-10-8-11-20/h6-7,12-13,20,23-27H,5,8-11,14-19H2,1-4H3,(H2,35,42)(H,36,46)(H,37,43)(H2,38,39,45)/t24?,25?,26?,27-/m0/s1. The molecule has 0 radical (unpaired) electrons. The van der Waals surface area contributed by atoms with Gasteiger partial charge in [0.2, 0.25) is 17.6 Å². The van der Waals surface area contributed by atoms with Crippen molar-refractivity contribution in [3.8, 4) is 0 Å². The summed E-state index contributed by atoms with van der Waals surface area (Å²) in [7, 11) is 0. The maximum atomic E-state index is 14.3. The number of ether oxygens (including phenoxy) is 1. The molecule has 258 valence electrons. The number of ketones is 1. The van der Waals surface area contributed by atoms with Crippen LogP contribution in [0.3, 0.4) is 0 Å². The molecule has 4 rings (SSSR count). The molecular weight excluding hydrogens is 604 g/mol. The highest BCUT2D eigenvalue weighted by atomic mass is 16.5. The summed E-state index contributed by atoms with van der Waals surface area (Å²) in [5.74, 6) is -2.89. The summed E-state index contributed by atoms with van der Waals surface area (Å²) in [6.07, 6.45) is 4.68. The van der Waals surface area contributed by atoms with E-state index in [4.69, 9.17) is 10.5 Å². The second kappa shape index (κ2) is 15.6. The molecule has 0 bridgehead atoms. The highest BCUT2D eigenvalue weighted by molar-refractivity contribution is 6.37. The Hall–Kier alpha value is -4.16. The number of nitrogens with one attached hydrogen (secondary N) is 4. The number of carbonyl (C=O) groups excluding carboxylic acids is 6. The molecule has 3 unspecified atom stereocenters. The highest BCUT2D eigenvalue weighted by Gasteiger charge is 2.43. The van der Waals surface area contributed by atoms with Gasteiger partial charge in [-0.1, -0.05) is 64.3 Å². The van der Waals surface area contributed by atoms with E-state index >= 15 is 0 Å². The molecule has 1 aliphatic heterocycles. The molecule has 6 amide bonds. The molecule has 6 N–H and O–H groups in total. The number of rotatable bonds is 13. The van der Waals surface area contributed by atoms with Crippen molar-refractivity contribution < 1.29 is 33.5 Å². The largest absolute Gasteiger partial charge is 0.447 e. The van der Waals surface area contributed by atoms with E-state index in [0.717, 1.165) is 30.4 Å². The van der Waals surface area contributed by atoms with Crippen LogP contribution in [0.4, 0.5) is 9.59 Å². The van der Waals surface area contributed by atoms with Gasteiger partial charge in [-0.3, -0.25) is 19.2 Å². The molecule has 47 heavy (non-hydrogen) atoms. The van der Waals surface area contributed by atoms with Gasteiger partial charge in [0, 0.05) is 13.1 Å². The minimum absolute atomic E-state index is 0.0728. The fourth-order valence-electron chi connectivity index (χ4n) is 6.63. The zero-order valence-corrected chi connectivity index (χ0v) is 27.9. The summed E-state index contributed by atoms with van der Waals surface area (Å²) >= 11 is 0. The zero-order valence-electron chi connectivity index (χ0n) is 27.9. The van der Waals surface area contributed by atoms with Crippen LogP contribution in [0.15, 0.2) is 24.3 Å². The molecule has 13 nitrogen and oxygen atoms in total. The van der Waals surface area contributed by atoms with E-state index in [9.17, 15) is 28.8 Å². The van der Waals surface area contributed by atoms with Gasteiger partial charge in [0.1, 0.15) is 18.7 Å². The Kier molecular flexibility index (Phi) is 11.9. The number of primary amides is 1. The van der Waals surface area contributed by atoms with Crippen LogP contribution in [0.1, 0.15) is 77.3 Å². The summed E-state index contributed by atoms with van der Waals surface area (Å²) in [4.78, 5) is 79.3. The normalized spacial score (nSPS) is 19.8. The van der Waals surface area contributed by atoms with E-state index in [-0.39, 0.29) is 18.4 Å². The van der Waals surface area contributed by atoms with E-state index in [0.29, 0.717) is 45.2 Å². The van der Waals surface area contributed by atoms with Gasteiger partial charge < -0.3 is 36.6 Å². The van der Waals surface area contributed by atoms with Crippen LogP contribution in [0.25, 0.3) is 0 Å². The van der Waals surface area contributed by atoms with Gasteiger partial charge in [0.25, 0.3) is 5.91 Å². The van der Waals surface area contributed by atoms with Gasteiger partial charge in [-0.25, -0.2) is 9.59 Å². The summed E-state index contributed by atoms with van der Waals surface area (Å²) in [6.45, 7) is 8.13. The second-order valence-electron chi connectivity index (χ2n) is 14.1. The number of hydrogen-bond donors (Lipinski definition) is 5. The predicted molar refractivity (Wildman–Crippen MR) is 174 cm³/mol. The Labute approximate surface area is 276 Å². The average Bonchev–Trinajstić information content (AvgIpc) is 3.65. The Morgan fingerprint density at radius 3 is 2.17 bits per heavy atom. The number of nitrogens with zero attached hydrogens (tertiary/aromatic N) is 1. The molecule has 2 aliphatic carbocycles. The lowest BCUT2D eigenvalue weighted by molar-refractivity contribution is -0.143. The molecule has 1 heterocycles. The monoisotopic (exact) mass is 654 g/mol. The number of fused-ring (bicyclic) bond motifs is 1. The summed E-state index contributed by atoms with van der Waals surface area (Å²) < 4.78 is 5.32. The Morgan fingerprint density at radius 2 is 1.62 bits per heavy atom. The predicted octanol–water partition coefficient (Wildman–Crippen LogP) is 1.95. The van der Waals surface area contributed by atoms with E-state index in [1.807, 2.05) is 45.0 Å². The van der Waals surface area contributed by atoms with Crippen molar-refractivity contribution in [2.24, 2.45) is 23.0 Å². The van der Waals surface area contributed by atoms with Gasteiger partial charge in [0.05, 0.1) is 12.1 Å². The van der Waals surface area contributed by atoms with Gasteiger partial charge in [-0.05, 0) is 67.4 Å². The molecule has 1 aromatic carbocycles. The number of alkyl carbamates (subject to hydrolysis) is 1. The number of hydrogen-bond acceptors (Lipinski definition) is 7. The molecule has 0 spiro atoms. The van der Waals surface area contributed by atoms with Gasteiger partial charge in [-0.2, -0.15) is 0 Å². The molecule has 1 saturated carbocycles. The van der Waals surface area contributed by atoms with E-state index in [2.05, 4.69) is 21.3 Å². The first kappa shape index (κ1) is 35.7. The smallest absolute Gasteiger partial charge is 0.407 e. The van der Waals surface area contributed by atoms with Gasteiger partial charge in [-0.15, -0.1) is 0 Å². The maximum Gasteiger partial charge on any atom is 0.407 e. The van der Waals surface area contributed by atoms with Crippen LogP contribution in [0.2, 0.25) is 0 Å². The number of nitrogens with two attached hydrogens (primary N) is 1.